The number of imidazole rings is 1. The molecule has 1 saturated heterocycles. The fraction of sp³-hybridized carbons (Fsp3) is 0.588. The summed E-state index contributed by atoms with van der Waals surface area (Å²) in [5, 5.41) is 0. The first-order valence-electron chi connectivity index (χ1n) is 7.96. The molecule has 1 fully saturated rings. The van der Waals surface area contributed by atoms with Crippen molar-refractivity contribution in [1.29, 1.82) is 0 Å². The number of aryl methyl sites for hydroxylation is 1. The molecule has 0 saturated carbocycles. The monoisotopic (exact) mass is 300 g/mol. The van der Waals surface area contributed by atoms with Crippen molar-refractivity contribution in [2.24, 2.45) is 0 Å². The van der Waals surface area contributed by atoms with Gasteiger partial charge in [0.2, 0.25) is 0 Å². The Morgan fingerprint density at radius 3 is 2.23 bits per heavy atom. The summed E-state index contributed by atoms with van der Waals surface area (Å²) in [6, 6.07) is 4.23. The molecule has 22 heavy (non-hydrogen) atoms. The van der Waals surface area contributed by atoms with Gasteiger partial charge >= 0.3 is 7.12 Å². The minimum Gasteiger partial charge on any atom is -0.399 e. The van der Waals surface area contributed by atoms with Gasteiger partial charge in [0.15, 0.2) is 0 Å². The van der Waals surface area contributed by atoms with Crippen LogP contribution in [0.1, 0.15) is 58.8 Å². The summed E-state index contributed by atoms with van der Waals surface area (Å²) < 4.78 is 12.3. The number of benzene rings is 1. The summed E-state index contributed by atoms with van der Waals surface area (Å²) in [5.74, 6) is 1.40. The topological polar surface area (TPSA) is 47.1 Å². The summed E-state index contributed by atoms with van der Waals surface area (Å²) in [6.45, 7) is 14.7. The van der Waals surface area contributed by atoms with Crippen LogP contribution in [0.3, 0.4) is 0 Å². The van der Waals surface area contributed by atoms with E-state index in [1.54, 1.807) is 0 Å². The van der Waals surface area contributed by atoms with E-state index < -0.39 is 0 Å². The summed E-state index contributed by atoms with van der Waals surface area (Å²) >= 11 is 0. The molecule has 0 spiro atoms. The van der Waals surface area contributed by atoms with E-state index in [1.807, 2.05) is 0 Å². The SMILES string of the molecule is Cc1cc2[nH]c(C(C)C)nc2cc1B1OC(C)(C)C(C)(C)O1. The zero-order valence-corrected chi connectivity index (χ0v) is 14.6. The number of aromatic amines is 1. The largest absolute Gasteiger partial charge is 0.495 e. The quantitative estimate of drug-likeness (QED) is 0.866. The van der Waals surface area contributed by atoms with Gasteiger partial charge in [-0.05, 0) is 57.8 Å². The second-order valence-corrected chi connectivity index (χ2v) is 7.59. The molecule has 1 N–H and O–H groups in total. The second-order valence-electron chi connectivity index (χ2n) is 7.59. The van der Waals surface area contributed by atoms with Crippen molar-refractivity contribution in [3.8, 4) is 0 Å². The van der Waals surface area contributed by atoms with E-state index in [2.05, 4.69) is 65.6 Å². The highest BCUT2D eigenvalue weighted by atomic mass is 16.7. The van der Waals surface area contributed by atoms with Gasteiger partial charge in [0.05, 0.1) is 22.2 Å². The number of hydrogen-bond acceptors (Lipinski definition) is 3. The van der Waals surface area contributed by atoms with Crippen LogP contribution in [0.2, 0.25) is 0 Å². The third-order valence-electron chi connectivity index (χ3n) is 4.94. The Labute approximate surface area is 132 Å². The summed E-state index contributed by atoms with van der Waals surface area (Å²) in [4.78, 5) is 8.08. The molecule has 3 rings (SSSR count). The molecule has 0 radical (unpaired) electrons. The minimum absolute atomic E-state index is 0.326. The van der Waals surface area contributed by atoms with Crippen molar-refractivity contribution in [3.63, 3.8) is 0 Å². The van der Waals surface area contributed by atoms with Crippen LogP contribution in [0.4, 0.5) is 0 Å². The molecule has 1 aromatic heterocycles. The number of hydrogen-bond donors (Lipinski definition) is 1. The third-order valence-corrected chi connectivity index (χ3v) is 4.94. The fourth-order valence-electron chi connectivity index (χ4n) is 2.70. The lowest BCUT2D eigenvalue weighted by Gasteiger charge is -2.32. The maximum Gasteiger partial charge on any atom is 0.495 e. The van der Waals surface area contributed by atoms with E-state index in [9.17, 15) is 0 Å². The number of aromatic nitrogens is 2. The predicted octanol–water partition coefficient (Wildman–Crippen LogP) is 3.29. The van der Waals surface area contributed by atoms with Gasteiger partial charge in [-0.25, -0.2) is 4.98 Å². The van der Waals surface area contributed by atoms with Gasteiger partial charge in [0.1, 0.15) is 5.82 Å². The van der Waals surface area contributed by atoms with E-state index in [0.29, 0.717) is 5.92 Å². The first-order chi connectivity index (χ1) is 10.1. The summed E-state index contributed by atoms with van der Waals surface area (Å²) in [5.41, 5.74) is 3.61. The highest BCUT2D eigenvalue weighted by molar-refractivity contribution is 6.63. The molecular weight excluding hydrogens is 275 g/mol. The highest BCUT2D eigenvalue weighted by Gasteiger charge is 2.52. The lowest BCUT2D eigenvalue weighted by molar-refractivity contribution is 0.00578. The van der Waals surface area contributed by atoms with Crippen LogP contribution in [-0.4, -0.2) is 28.3 Å². The van der Waals surface area contributed by atoms with Crippen LogP contribution >= 0.6 is 0 Å². The Kier molecular flexibility index (Phi) is 3.42. The molecule has 2 heterocycles. The first-order valence-corrected chi connectivity index (χ1v) is 7.96. The standard InChI is InChI=1S/C17H25BN2O2/c1-10(2)15-19-13-8-11(3)12(9-14(13)20-15)18-21-16(4,5)17(6,7)22-18/h8-10H,1-7H3,(H,19,20). The van der Waals surface area contributed by atoms with E-state index in [0.717, 1.165) is 27.9 Å². The van der Waals surface area contributed by atoms with Crippen molar-refractivity contribution in [1.82, 2.24) is 9.97 Å². The molecule has 0 bridgehead atoms. The molecule has 0 unspecified atom stereocenters. The first kappa shape index (κ1) is 15.6. The third kappa shape index (κ3) is 2.36. The molecule has 0 atom stereocenters. The molecule has 1 aliphatic heterocycles. The van der Waals surface area contributed by atoms with Crippen molar-refractivity contribution < 1.29 is 9.31 Å². The number of rotatable bonds is 2. The molecular formula is C17H25BN2O2. The molecule has 118 valence electrons. The Hall–Kier alpha value is -1.33. The predicted molar refractivity (Wildman–Crippen MR) is 90.6 cm³/mol. The van der Waals surface area contributed by atoms with Crippen LogP contribution in [0.5, 0.6) is 0 Å². The molecule has 4 nitrogen and oxygen atoms in total. The Bertz CT molecular complexity index is 703. The van der Waals surface area contributed by atoms with Crippen LogP contribution in [-0.2, 0) is 9.31 Å². The molecule has 1 aliphatic rings. The summed E-state index contributed by atoms with van der Waals surface area (Å²) in [6.07, 6.45) is 0. The average molecular weight is 300 g/mol. The molecule has 0 amide bonds. The normalized spacial score (nSPS) is 20.3. The zero-order chi connectivity index (χ0) is 16.3. The van der Waals surface area contributed by atoms with Gasteiger partial charge in [0.25, 0.3) is 0 Å². The highest BCUT2D eigenvalue weighted by Crippen LogP contribution is 2.36. The fourth-order valence-corrected chi connectivity index (χ4v) is 2.70. The molecule has 1 aromatic carbocycles. The average Bonchev–Trinajstić information content (AvgIpc) is 2.87. The molecule has 5 heteroatoms. The van der Waals surface area contributed by atoms with Crippen molar-refractivity contribution in [2.75, 3.05) is 0 Å². The number of nitrogens with one attached hydrogen (secondary N) is 1. The van der Waals surface area contributed by atoms with Gasteiger partial charge in [-0.3, -0.25) is 0 Å². The lowest BCUT2D eigenvalue weighted by atomic mass is 9.76. The maximum atomic E-state index is 6.17. The van der Waals surface area contributed by atoms with E-state index in [1.165, 1.54) is 0 Å². The molecule has 2 aromatic rings. The smallest absolute Gasteiger partial charge is 0.399 e. The Balaban J connectivity index is 2.03. The van der Waals surface area contributed by atoms with Crippen LogP contribution in [0.15, 0.2) is 12.1 Å². The van der Waals surface area contributed by atoms with Gasteiger partial charge in [-0.2, -0.15) is 0 Å². The van der Waals surface area contributed by atoms with Crippen LogP contribution < -0.4 is 5.46 Å². The molecule has 0 aliphatic carbocycles. The Morgan fingerprint density at radius 1 is 1.09 bits per heavy atom. The number of H-pyrrole nitrogens is 1. The number of nitrogens with zero attached hydrogens (tertiary/aromatic N) is 1. The van der Waals surface area contributed by atoms with Gasteiger partial charge < -0.3 is 14.3 Å². The van der Waals surface area contributed by atoms with E-state index in [4.69, 9.17) is 14.3 Å². The lowest BCUT2D eigenvalue weighted by Crippen LogP contribution is -2.41. The van der Waals surface area contributed by atoms with Crippen molar-refractivity contribution in [3.05, 3.63) is 23.5 Å². The Morgan fingerprint density at radius 2 is 1.68 bits per heavy atom. The van der Waals surface area contributed by atoms with Crippen LogP contribution in [0.25, 0.3) is 11.0 Å². The van der Waals surface area contributed by atoms with Gasteiger partial charge in [-0.1, -0.05) is 13.8 Å². The van der Waals surface area contributed by atoms with E-state index in [-0.39, 0.29) is 18.3 Å². The van der Waals surface area contributed by atoms with E-state index >= 15 is 0 Å². The minimum atomic E-state index is -0.339. The summed E-state index contributed by atoms with van der Waals surface area (Å²) in [7, 11) is -0.339. The van der Waals surface area contributed by atoms with Crippen molar-refractivity contribution in [2.45, 2.75) is 65.6 Å². The van der Waals surface area contributed by atoms with Gasteiger partial charge in [0, 0.05) is 5.92 Å². The second kappa shape index (κ2) is 4.83. The van der Waals surface area contributed by atoms with Gasteiger partial charge in [-0.15, -0.1) is 0 Å². The maximum absolute atomic E-state index is 6.17. The van der Waals surface area contributed by atoms with Crippen molar-refractivity contribution >= 4 is 23.6 Å². The zero-order valence-electron chi connectivity index (χ0n) is 14.6. The van der Waals surface area contributed by atoms with Crippen LogP contribution in [0, 0.1) is 6.92 Å². The number of fused-ring (bicyclic) bond motifs is 1.